The number of benzene rings is 2. The lowest BCUT2D eigenvalue weighted by atomic mass is 10.1. The second-order valence-corrected chi connectivity index (χ2v) is 7.01. The number of rotatable bonds is 6. The highest BCUT2D eigenvalue weighted by molar-refractivity contribution is 8.18. The first-order valence-corrected chi connectivity index (χ1v) is 9.43. The molecule has 0 saturated carbocycles. The van der Waals surface area contributed by atoms with Crippen molar-refractivity contribution in [2.75, 3.05) is 14.2 Å². The van der Waals surface area contributed by atoms with E-state index in [2.05, 4.69) is 6.92 Å². The monoisotopic (exact) mass is 383 g/mol. The molecule has 1 aliphatic rings. The summed E-state index contributed by atoms with van der Waals surface area (Å²) in [6.07, 6.45) is 2.71. The van der Waals surface area contributed by atoms with Gasteiger partial charge in [0.05, 0.1) is 25.7 Å². The molecule has 1 heterocycles. The number of hydrogen-bond acceptors (Lipinski definition) is 5. The van der Waals surface area contributed by atoms with E-state index in [0.29, 0.717) is 22.0 Å². The molecule has 2 amide bonds. The van der Waals surface area contributed by atoms with Crippen molar-refractivity contribution in [1.29, 1.82) is 0 Å². The summed E-state index contributed by atoms with van der Waals surface area (Å²) < 4.78 is 10.7. The molecule has 5 nitrogen and oxygen atoms in total. The largest absolute Gasteiger partial charge is 0.493 e. The molecule has 140 valence electrons. The second kappa shape index (κ2) is 8.31. The van der Waals surface area contributed by atoms with Crippen LogP contribution in [0.25, 0.3) is 6.08 Å². The van der Waals surface area contributed by atoms with E-state index in [-0.39, 0.29) is 17.7 Å². The fourth-order valence-corrected chi connectivity index (χ4v) is 3.72. The van der Waals surface area contributed by atoms with Crippen molar-refractivity contribution in [3.8, 4) is 11.5 Å². The van der Waals surface area contributed by atoms with Gasteiger partial charge in [-0.15, -0.1) is 0 Å². The number of aryl methyl sites for hydroxylation is 1. The Morgan fingerprint density at radius 3 is 2.41 bits per heavy atom. The molecule has 27 heavy (non-hydrogen) atoms. The van der Waals surface area contributed by atoms with Crippen LogP contribution in [0.3, 0.4) is 0 Å². The Labute approximate surface area is 163 Å². The molecule has 1 aliphatic heterocycles. The number of amides is 2. The summed E-state index contributed by atoms with van der Waals surface area (Å²) in [4.78, 5) is 26.8. The summed E-state index contributed by atoms with van der Waals surface area (Å²) >= 11 is 0.956. The zero-order chi connectivity index (χ0) is 19.4. The Morgan fingerprint density at radius 2 is 1.78 bits per heavy atom. The van der Waals surface area contributed by atoms with Crippen LogP contribution in [-0.4, -0.2) is 30.3 Å². The maximum Gasteiger partial charge on any atom is 0.293 e. The summed E-state index contributed by atoms with van der Waals surface area (Å²) in [7, 11) is 3.09. The van der Waals surface area contributed by atoms with Crippen LogP contribution in [0.5, 0.6) is 11.5 Å². The van der Waals surface area contributed by atoms with Gasteiger partial charge in [-0.3, -0.25) is 14.5 Å². The number of methoxy groups -OCH3 is 2. The first-order valence-electron chi connectivity index (χ1n) is 8.61. The first kappa shape index (κ1) is 19.0. The van der Waals surface area contributed by atoms with Crippen LogP contribution in [0.4, 0.5) is 4.79 Å². The van der Waals surface area contributed by atoms with Crippen LogP contribution in [0.1, 0.15) is 23.6 Å². The third kappa shape index (κ3) is 4.01. The Hall–Kier alpha value is -2.73. The minimum absolute atomic E-state index is 0.136. The van der Waals surface area contributed by atoms with Gasteiger partial charge in [0.2, 0.25) is 0 Å². The highest BCUT2D eigenvalue weighted by Gasteiger charge is 2.35. The predicted octanol–water partition coefficient (Wildman–Crippen LogP) is 4.50. The molecule has 2 aromatic rings. The zero-order valence-corrected chi connectivity index (χ0v) is 16.3. The standard InChI is InChI=1S/C21H21NO4S/c1-4-14-8-10-15(11-9-14)12-18-20(23)22(21(24)27-18)13-16-6-5-7-17(25-2)19(16)26-3/h5-12H,4,13H2,1-3H3. The topological polar surface area (TPSA) is 55.8 Å². The number of hydrogen-bond donors (Lipinski definition) is 0. The molecule has 0 atom stereocenters. The molecule has 0 N–H and O–H groups in total. The van der Waals surface area contributed by atoms with Crippen molar-refractivity contribution in [2.24, 2.45) is 0 Å². The van der Waals surface area contributed by atoms with Crippen molar-refractivity contribution in [2.45, 2.75) is 19.9 Å². The average molecular weight is 383 g/mol. The number of imide groups is 1. The molecule has 2 aromatic carbocycles. The van der Waals surface area contributed by atoms with Gasteiger partial charge in [-0.25, -0.2) is 0 Å². The molecule has 6 heteroatoms. The van der Waals surface area contributed by atoms with Gasteiger partial charge in [0.25, 0.3) is 11.1 Å². The lowest BCUT2D eigenvalue weighted by Crippen LogP contribution is -2.27. The van der Waals surface area contributed by atoms with Crippen LogP contribution in [-0.2, 0) is 17.8 Å². The van der Waals surface area contributed by atoms with Crippen LogP contribution < -0.4 is 9.47 Å². The number of thioether (sulfide) groups is 1. The summed E-state index contributed by atoms with van der Waals surface area (Å²) in [5.41, 5.74) is 2.84. The van der Waals surface area contributed by atoms with E-state index >= 15 is 0 Å². The predicted molar refractivity (Wildman–Crippen MR) is 107 cm³/mol. The minimum Gasteiger partial charge on any atom is -0.493 e. The van der Waals surface area contributed by atoms with E-state index in [1.54, 1.807) is 25.3 Å². The highest BCUT2D eigenvalue weighted by atomic mass is 32.2. The van der Waals surface area contributed by atoms with Gasteiger partial charge in [0.1, 0.15) is 0 Å². The molecule has 0 unspecified atom stereocenters. The Kier molecular flexibility index (Phi) is 5.86. The van der Waals surface area contributed by atoms with Gasteiger partial charge >= 0.3 is 0 Å². The number of ether oxygens (including phenoxy) is 2. The van der Waals surface area contributed by atoms with Gasteiger partial charge in [-0.2, -0.15) is 0 Å². The molecular weight excluding hydrogens is 362 g/mol. The van der Waals surface area contributed by atoms with Gasteiger partial charge in [0, 0.05) is 5.56 Å². The number of nitrogens with zero attached hydrogens (tertiary/aromatic N) is 1. The van der Waals surface area contributed by atoms with Gasteiger partial charge in [-0.05, 0) is 41.5 Å². The van der Waals surface area contributed by atoms with E-state index in [4.69, 9.17) is 9.47 Å². The third-order valence-corrected chi connectivity index (χ3v) is 5.28. The average Bonchev–Trinajstić information content (AvgIpc) is 2.95. The van der Waals surface area contributed by atoms with Crippen LogP contribution in [0.2, 0.25) is 0 Å². The molecule has 0 aliphatic carbocycles. The van der Waals surface area contributed by atoms with E-state index in [9.17, 15) is 9.59 Å². The van der Waals surface area contributed by atoms with Crippen LogP contribution >= 0.6 is 11.8 Å². The fourth-order valence-electron chi connectivity index (χ4n) is 2.89. The molecule has 1 saturated heterocycles. The maximum absolute atomic E-state index is 12.7. The molecule has 0 aromatic heterocycles. The van der Waals surface area contributed by atoms with Crippen molar-refractivity contribution in [1.82, 2.24) is 4.90 Å². The summed E-state index contributed by atoms with van der Waals surface area (Å²) in [6.45, 7) is 2.23. The van der Waals surface area contributed by atoms with Gasteiger partial charge < -0.3 is 9.47 Å². The highest BCUT2D eigenvalue weighted by Crippen LogP contribution is 2.36. The SMILES string of the molecule is CCc1ccc(C=C2SC(=O)N(Cc3cccc(OC)c3OC)C2=O)cc1. The molecule has 0 bridgehead atoms. The molecular formula is C21H21NO4S. The lowest BCUT2D eigenvalue weighted by Gasteiger charge is -2.16. The second-order valence-electron chi connectivity index (χ2n) is 6.02. The van der Waals surface area contributed by atoms with E-state index in [1.165, 1.54) is 17.6 Å². The number of carbonyl (C=O) groups excluding carboxylic acids is 2. The van der Waals surface area contributed by atoms with Gasteiger partial charge in [-0.1, -0.05) is 43.3 Å². The van der Waals surface area contributed by atoms with E-state index < -0.39 is 0 Å². The zero-order valence-electron chi connectivity index (χ0n) is 15.5. The third-order valence-electron chi connectivity index (χ3n) is 4.37. The Balaban J connectivity index is 1.83. The Bertz CT molecular complexity index is 890. The van der Waals surface area contributed by atoms with Crippen LogP contribution in [0, 0.1) is 0 Å². The normalized spacial score (nSPS) is 15.5. The van der Waals surface area contributed by atoms with Crippen molar-refractivity contribution in [3.05, 3.63) is 64.1 Å². The van der Waals surface area contributed by atoms with E-state index in [0.717, 1.165) is 23.7 Å². The quantitative estimate of drug-likeness (QED) is 0.688. The summed E-state index contributed by atoms with van der Waals surface area (Å²) in [5.74, 6) is 0.793. The fraction of sp³-hybridized carbons (Fsp3) is 0.238. The number of carbonyl (C=O) groups is 2. The smallest absolute Gasteiger partial charge is 0.293 e. The summed E-state index contributed by atoms with van der Waals surface area (Å²) in [5, 5.41) is -0.290. The molecule has 3 rings (SSSR count). The Morgan fingerprint density at radius 1 is 1.04 bits per heavy atom. The van der Waals surface area contributed by atoms with Crippen molar-refractivity contribution in [3.63, 3.8) is 0 Å². The van der Waals surface area contributed by atoms with Crippen LogP contribution in [0.15, 0.2) is 47.4 Å². The van der Waals surface area contributed by atoms with Gasteiger partial charge in [0.15, 0.2) is 11.5 Å². The molecule has 0 radical (unpaired) electrons. The maximum atomic E-state index is 12.7. The summed E-state index contributed by atoms with van der Waals surface area (Å²) in [6, 6.07) is 13.4. The molecule has 1 fully saturated rings. The van der Waals surface area contributed by atoms with Crippen molar-refractivity contribution >= 4 is 29.0 Å². The first-order chi connectivity index (χ1) is 13.1. The lowest BCUT2D eigenvalue weighted by molar-refractivity contribution is -0.123. The van der Waals surface area contributed by atoms with E-state index in [1.807, 2.05) is 30.3 Å². The number of para-hydroxylation sites is 1. The molecule has 0 spiro atoms. The minimum atomic E-state index is -0.297. The van der Waals surface area contributed by atoms with Crippen molar-refractivity contribution < 1.29 is 19.1 Å².